The molecule has 0 saturated carbocycles. The zero-order valence-electron chi connectivity index (χ0n) is 13.4. The van der Waals surface area contributed by atoms with Crippen molar-refractivity contribution in [3.05, 3.63) is 64.8 Å². The van der Waals surface area contributed by atoms with Gasteiger partial charge in [-0.05, 0) is 30.7 Å². The summed E-state index contributed by atoms with van der Waals surface area (Å²) < 4.78 is 1.71. The minimum absolute atomic E-state index is 0.0592. The number of hydrogen-bond acceptors (Lipinski definition) is 3. The molecule has 4 nitrogen and oxygen atoms in total. The normalized spacial score (nSPS) is 15.5. The van der Waals surface area contributed by atoms with Gasteiger partial charge >= 0.3 is 5.97 Å². The first-order chi connectivity index (χ1) is 12.1. The van der Waals surface area contributed by atoms with Crippen molar-refractivity contribution in [2.75, 3.05) is 0 Å². The molecule has 0 aliphatic carbocycles. The molecule has 1 N–H and O–H groups in total. The van der Waals surface area contributed by atoms with E-state index < -0.39 is 5.97 Å². The van der Waals surface area contributed by atoms with Crippen LogP contribution in [0.1, 0.15) is 34.6 Å². The van der Waals surface area contributed by atoms with Crippen LogP contribution in [0.15, 0.2) is 53.4 Å². The van der Waals surface area contributed by atoms with Crippen molar-refractivity contribution in [1.82, 2.24) is 9.78 Å². The number of benzene rings is 2. The van der Waals surface area contributed by atoms with Gasteiger partial charge in [0.15, 0.2) is 5.69 Å². The Bertz CT molecular complexity index is 983. The largest absolute Gasteiger partial charge is 0.476 e. The van der Waals surface area contributed by atoms with Crippen LogP contribution in [-0.2, 0) is 0 Å². The standard InChI is InChI=1S/C19H15ClN2O2S/c1-2-14-16-17(19(23)24)21-22(12-7-5-6-11(20)10-12)18(16)13-8-3-4-9-15(13)25-14/h3-10,14H,2H2,1H3,(H,23,24). The smallest absolute Gasteiger partial charge is 0.356 e. The Morgan fingerprint density at radius 3 is 2.80 bits per heavy atom. The summed E-state index contributed by atoms with van der Waals surface area (Å²) in [6.45, 7) is 2.07. The highest BCUT2D eigenvalue weighted by atomic mass is 35.5. The molecular weight excluding hydrogens is 356 g/mol. The third kappa shape index (κ3) is 2.64. The number of thioether (sulfide) groups is 1. The van der Waals surface area contributed by atoms with Crippen LogP contribution >= 0.6 is 23.4 Å². The number of fused-ring (bicyclic) bond motifs is 3. The zero-order chi connectivity index (χ0) is 17.6. The second-order valence-corrected chi connectivity index (χ2v) is 7.50. The van der Waals surface area contributed by atoms with Crippen LogP contribution in [0.5, 0.6) is 0 Å². The van der Waals surface area contributed by atoms with Gasteiger partial charge in [-0.3, -0.25) is 0 Å². The van der Waals surface area contributed by atoms with Crippen molar-refractivity contribution in [1.29, 1.82) is 0 Å². The number of rotatable bonds is 3. The minimum Gasteiger partial charge on any atom is -0.476 e. The highest BCUT2D eigenvalue weighted by Crippen LogP contribution is 2.51. The molecule has 2 aromatic carbocycles. The number of nitrogens with zero attached hydrogens (tertiary/aromatic N) is 2. The monoisotopic (exact) mass is 370 g/mol. The summed E-state index contributed by atoms with van der Waals surface area (Å²) >= 11 is 7.84. The minimum atomic E-state index is -1.00. The number of carbonyl (C=O) groups is 1. The summed E-state index contributed by atoms with van der Waals surface area (Å²) in [5.74, 6) is -1.00. The quantitative estimate of drug-likeness (QED) is 0.666. The molecule has 6 heteroatoms. The Labute approximate surface area is 154 Å². The van der Waals surface area contributed by atoms with E-state index >= 15 is 0 Å². The van der Waals surface area contributed by atoms with Crippen molar-refractivity contribution in [3.8, 4) is 16.9 Å². The molecular formula is C19H15ClN2O2S. The van der Waals surface area contributed by atoms with Crippen LogP contribution < -0.4 is 0 Å². The molecule has 25 heavy (non-hydrogen) atoms. The van der Waals surface area contributed by atoms with Crippen molar-refractivity contribution >= 4 is 29.3 Å². The fraction of sp³-hybridized carbons (Fsp3) is 0.158. The molecule has 1 atom stereocenters. The molecule has 1 unspecified atom stereocenters. The molecule has 0 spiro atoms. The number of carboxylic acid groups (broad SMARTS) is 1. The summed E-state index contributed by atoms with van der Waals surface area (Å²) in [4.78, 5) is 13.0. The first-order valence-corrected chi connectivity index (χ1v) is 9.24. The van der Waals surface area contributed by atoms with E-state index in [9.17, 15) is 9.90 Å². The fourth-order valence-corrected chi connectivity index (χ4v) is 4.66. The van der Waals surface area contributed by atoms with Crippen molar-refractivity contribution in [3.63, 3.8) is 0 Å². The summed E-state index contributed by atoms with van der Waals surface area (Å²) in [5, 5.41) is 14.8. The van der Waals surface area contributed by atoms with Crippen LogP contribution in [0.2, 0.25) is 5.02 Å². The van der Waals surface area contributed by atoms with Gasteiger partial charge in [-0.25, -0.2) is 9.48 Å². The van der Waals surface area contributed by atoms with Crippen molar-refractivity contribution in [2.45, 2.75) is 23.5 Å². The van der Waals surface area contributed by atoms with E-state index in [-0.39, 0.29) is 10.9 Å². The van der Waals surface area contributed by atoms with Crippen molar-refractivity contribution in [2.24, 2.45) is 0 Å². The highest BCUT2D eigenvalue weighted by molar-refractivity contribution is 7.99. The van der Waals surface area contributed by atoms with E-state index in [0.717, 1.165) is 33.8 Å². The van der Waals surface area contributed by atoms with E-state index in [0.29, 0.717) is 5.02 Å². The molecule has 126 valence electrons. The number of carboxylic acids is 1. The third-order valence-corrected chi connectivity index (χ3v) is 5.98. The topological polar surface area (TPSA) is 55.1 Å². The molecule has 3 aromatic rings. The van der Waals surface area contributed by atoms with E-state index in [1.54, 1.807) is 28.6 Å². The summed E-state index contributed by atoms with van der Waals surface area (Å²) in [5.41, 5.74) is 3.52. The predicted octanol–water partition coefficient (Wildman–Crippen LogP) is 5.45. The summed E-state index contributed by atoms with van der Waals surface area (Å²) in [6.07, 6.45) is 0.827. The van der Waals surface area contributed by atoms with Gasteiger partial charge in [-0.1, -0.05) is 42.8 Å². The maximum atomic E-state index is 11.8. The lowest BCUT2D eigenvalue weighted by atomic mass is 10.00. The second-order valence-electron chi connectivity index (χ2n) is 5.82. The molecule has 0 bridgehead atoms. The Morgan fingerprint density at radius 2 is 2.08 bits per heavy atom. The van der Waals surface area contributed by atoms with Crippen LogP contribution in [0.3, 0.4) is 0 Å². The van der Waals surface area contributed by atoms with Gasteiger partial charge < -0.3 is 5.11 Å². The van der Waals surface area contributed by atoms with Crippen LogP contribution in [0.4, 0.5) is 0 Å². The van der Waals surface area contributed by atoms with Gasteiger partial charge in [-0.15, -0.1) is 11.8 Å². The molecule has 0 amide bonds. The van der Waals surface area contributed by atoms with Gasteiger partial charge in [-0.2, -0.15) is 5.10 Å². The summed E-state index contributed by atoms with van der Waals surface area (Å²) in [6, 6.07) is 15.4. The highest BCUT2D eigenvalue weighted by Gasteiger charge is 2.34. The van der Waals surface area contributed by atoms with E-state index in [1.165, 1.54) is 0 Å². The lowest BCUT2D eigenvalue weighted by Gasteiger charge is -2.24. The Balaban J connectivity index is 2.07. The maximum absolute atomic E-state index is 11.8. The lowest BCUT2D eigenvalue weighted by Crippen LogP contribution is -2.07. The predicted molar refractivity (Wildman–Crippen MR) is 99.9 cm³/mol. The zero-order valence-corrected chi connectivity index (χ0v) is 15.0. The Morgan fingerprint density at radius 1 is 1.28 bits per heavy atom. The SMILES string of the molecule is CCC1Sc2ccccc2-c2c1c(C(=O)O)nn2-c1cccc(Cl)c1. The van der Waals surface area contributed by atoms with Crippen LogP contribution in [-0.4, -0.2) is 20.9 Å². The molecule has 1 aliphatic rings. The van der Waals surface area contributed by atoms with Gasteiger partial charge in [0.25, 0.3) is 0 Å². The van der Waals surface area contributed by atoms with Gasteiger partial charge in [0, 0.05) is 26.3 Å². The summed E-state index contributed by atoms with van der Waals surface area (Å²) in [7, 11) is 0. The number of aromatic carboxylic acids is 1. The molecule has 1 aromatic heterocycles. The van der Waals surface area contributed by atoms with E-state index in [2.05, 4.69) is 18.1 Å². The Hall–Kier alpha value is -2.24. The molecule has 1 aliphatic heterocycles. The van der Waals surface area contributed by atoms with E-state index in [1.807, 2.05) is 30.3 Å². The first-order valence-electron chi connectivity index (χ1n) is 7.98. The molecule has 0 fully saturated rings. The van der Waals surface area contributed by atoms with Crippen molar-refractivity contribution < 1.29 is 9.90 Å². The van der Waals surface area contributed by atoms with Gasteiger partial charge in [0.05, 0.1) is 11.4 Å². The maximum Gasteiger partial charge on any atom is 0.356 e. The average Bonchev–Trinajstić information content (AvgIpc) is 3.02. The molecule has 2 heterocycles. The van der Waals surface area contributed by atoms with Crippen LogP contribution in [0, 0.1) is 0 Å². The fourth-order valence-electron chi connectivity index (χ4n) is 3.21. The molecule has 0 radical (unpaired) electrons. The van der Waals surface area contributed by atoms with Gasteiger partial charge in [0.1, 0.15) is 0 Å². The Kier molecular flexibility index (Phi) is 4.06. The molecule has 0 saturated heterocycles. The van der Waals surface area contributed by atoms with Gasteiger partial charge in [0.2, 0.25) is 0 Å². The lowest BCUT2D eigenvalue weighted by molar-refractivity contribution is 0.0688. The number of aromatic nitrogens is 2. The van der Waals surface area contributed by atoms with Crippen LogP contribution in [0.25, 0.3) is 16.9 Å². The average molecular weight is 371 g/mol. The second kappa shape index (κ2) is 6.24. The number of hydrogen-bond donors (Lipinski definition) is 1. The number of halogens is 1. The first kappa shape index (κ1) is 16.2. The third-order valence-electron chi connectivity index (χ3n) is 4.28. The van der Waals surface area contributed by atoms with E-state index in [4.69, 9.17) is 11.6 Å². The molecule has 4 rings (SSSR count).